The molecule has 0 aliphatic heterocycles. The number of fused-ring (bicyclic) bond motifs is 3. The molecule has 0 unspecified atom stereocenters. The van der Waals surface area contributed by atoms with Crippen LogP contribution < -0.4 is 0 Å². The van der Waals surface area contributed by atoms with Gasteiger partial charge in [0.25, 0.3) is 0 Å². The molecular formula is C55H74Cl2Hf. The topological polar surface area (TPSA) is 0 Å². The van der Waals surface area contributed by atoms with Crippen LogP contribution in [0.3, 0.4) is 0 Å². The molecular weight excluding hydrogens is 910 g/mol. The maximum atomic E-state index is 3.90. The van der Waals surface area contributed by atoms with Gasteiger partial charge in [0.15, 0.2) is 0 Å². The van der Waals surface area contributed by atoms with Gasteiger partial charge in [0.05, 0.1) is 0 Å². The van der Waals surface area contributed by atoms with E-state index < -0.39 is 0 Å². The molecule has 0 saturated heterocycles. The summed E-state index contributed by atoms with van der Waals surface area (Å²) in [5, 5.41) is 0. The van der Waals surface area contributed by atoms with Gasteiger partial charge in [-0.1, -0.05) is 106 Å². The summed E-state index contributed by atoms with van der Waals surface area (Å²) in [5.41, 5.74) is 17.7. The number of allylic oxidation sites excluding steroid dienone is 4. The van der Waals surface area contributed by atoms with Gasteiger partial charge in [-0.15, -0.1) is 47.9 Å². The van der Waals surface area contributed by atoms with Crippen molar-refractivity contribution in [3.63, 3.8) is 0 Å². The van der Waals surface area contributed by atoms with Crippen molar-refractivity contribution < 1.29 is 23.9 Å². The molecule has 0 nitrogen and oxygen atoms in total. The summed E-state index contributed by atoms with van der Waals surface area (Å²) in [4.78, 5) is 0. The van der Waals surface area contributed by atoms with E-state index in [2.05, 4.69) is 182 Å². The van der Waals surface area contributed by atoms with Gasteiger partial charge in [0.1, 0.15) is 0 Å². The van der Waals surface area contributed by atoms with Gasteiger partial charge < -0.3 is 0 Å². The fourth-order valence-corrected chi connectivity index (χ4v) is 8.77. The molecule has 3 heteroatoms. The first kappa shape index (κ1) is 51.8. The van der Waals surface area contributed by atoms with Crippen LogP contribution >= 0.6 is 24.8 Å². The number of benzene rings is 4. The van der Waals surface area contributed by atoms with E-state index in [-0.39, 0.29) is 46.5 Å². The van der Waals surface area contributed by atoms with E-state index in [4.69, 9.17) is 0 Å². The van der Waals surface area contributed by atoms with Crippen LogP contribution in [0.15, 0.2) is 85.0 Å². The van der Waals surface area contributed by atoms with Crippen molar-refractivity contribution in [1.82, 2.24) is 0 Å². The fraction of sp³-hybridized carbons (Fsp3) is 0.473. The van der Waals surface area contributed by atoms with Gasteiger partial charge in [-0.25, -0.2) is 12.2 Å². The summed E-state index contributed by atoms with van der Waals surface area (Å²) in [6, 6.07) is 29.8. The Balaban J connectivity index is 0.000000354. The van der Waals surface area contributed by atoms with Gasteiger partial charge in [0.2, 0.25) is 0 Å². The number of hydrogen-bond acceptors (Lipinski definition) is 0. The second kappa shape index (κ2) is 22.0. The van der Waals surface area contributed by atoms with Crippen molar-refractivity contribution in [2.75, 3.05) is 0 Å². The predicted molar refractivity (Wildman–Crippen MR) is 258 cm³/mol. The van der Waals surface area contributed by atoms with E-state index in [0.29, 0.717) is 0 Å². The third kappa shape index (κ3) is 14.1. The Kier molecular flexibility index (Phi) is 19.6. The first-order valence-corrected chi connectivity index (χ1v) is 23.2. The normalized spacial score (nSPS) is 13.0. The quantitative estimate of drug-likeness (QED) is 0.107. The second-order valence-corrected chi connectivity index (χ2v) is 22.0. The fourth-order valence-electron chi connectivity index (χ4n) is 7.57. The predicted octanol–water partition coefficient (Wildman–Crippen LogP) is 15.9. The summed E-state index contributed by atoms with van der Waals surface area (Å²) in [7, 11) is 0. The van der Waals surface area contributed by atoms with Crippen molar-refractivity contribution in [2.45, 2.75) is 170 Å². The van der Waals surface area contributed by atoms with Crippen LogP contribution in [0.1, 0.15) is 185 Å². The molecule has 0 amide bonds. The van der Waals surface area contributed by atoms with Crippen molar-refractivity contribution in [1.29, 1.82) is 0 Å². The van der Waals surface area contributed by atoms with Crippen LogP contribution in [-0.4, -0.2) is 3.26 Å². The Morgan fingerprint density at radius 1 is 0.586 bits per heavy atom. The molecule has 0 N–H and O–H groups in total. The van der Waals surface area contributed by atoms with Gasteiger partial charge in [-0.2, -0.15) is 23.8 Å². The Labute approximate surface area is 383 Å². The number of halogens is 2. The van der Waals surface area contributed by atoms with Crippen molar-refractivity contribution in [2.24, 2.45) is 0 Å². The third-order valence-corrected chi connectivity index (χ3v) is 13.0. The first-order chi connectivity index (χ1) is 26.1. The number of hydrogen-bond donors (Lipinski definition) is 0. The number of rotatable bonds is 8. The van der Waals surface area contributed by atoms with Crippen molar-refractivity contribution >= 4 is 28.1 Å². The smallest absolute Gasteiger partial charge is 0.109 e. The Morgan fingerprint density at radius 2 is 1.03 bits per heavy atom. The van der Waals surface area contributed by atoms with Gasteiger partial charge >= 0.3 is 150 Å². The SMILES string of the molecule is CC(C)(C)c1[c-]c2c(cc1C(C)(C)C)-c1cc(C(C)(C)C)c(C(C)(C)C)cc1C2.CCCCc1ccc([C](=[Hf+2])c2ccc(CCCC)cc2)cc1.Cl.Cl.[C-]1=CC=CC1. The van der Waals surface area contributed by atoms with Crippen LogP contribution in [-0.2, 0) is 64.8 Å². The molecule has 58 heavy (non-hydrogen) atoms. The zero-order chi connectivity index (χ0) is 41.5. The van der Waals surface area contributed by atoms with Gasteiger partial charge in [-0.05, 0) is 39.4 Å². The molecule has 6 rings (SSSR count). The number of unbranched alkanes of at least 4 members (excludes halogenated alkanes) is 2. The molecule has 0 aromatic heterocycles. The Bertz CT molecular complexity index is 1840. The number of aryl methyl sites for hydroxylation is 2. The molecule has 0 atom stereocenters. The molecule has 2 aliphatic carbocycles. The molecule has 0 saturated carbocycles. The van der Waals surface area contributed by atoms with Gasteiger partial charge in [0, 0.05) is 0 Å². The van der Waals surface area contributed by atoms with E-state index in [9.17, 15) is 0 Å². The molecule has 312 valence electrons. The van der Waals surface area contributed by atoms with E-state index >= 15 is 0 Å². The summed E-state index contributed by atoms with van der Waals surface area (Å²) in [5.74, 6) is 0. The Hall–Kier alpha value is -2.32. The Morgan fingerprint density at radius 3 is 1.40 bits per heavy atom. The monoisotopic (exact) mass is 984 g/mol. The van der Waals surface area contributed by atoms with Crippen LogP contribution in [0.4, 0.5) is 0 Å². The minimum atomic E-state index is 0. The van der Waals surface area contributed by atoms with Crippen molar-refractivity contribution in [3.8, 4) is 11.1 Å². The molecule has 4 aromatic carbocycles. The average Bonchev–Trinajstić information content (AvgIpc) is 3.83. The second-order valence-electron chi connectivity index (χ2n) is 20.2. The van der Waals surface area contributed by atoms with E-state index in [1.54, 1.807) is 0 Å². The molecule has 4 aromatic rings. The maximum absolute atomic E-state index is 3.90. The molecule has 2 aliphatic rings. The minimum Gasteiger partial charge on any atom is -0.273 e. The zero-order valence-corrected chi connectivity index (χ0v) is 43.8. The van der Waals surface area contributed by atoms with E-state index in [1.165, 1.54) is 109 Å². The average molecular weight is 985 g/mol. The van der Waals surface area contributed by atoms with Crippen LogP contribution in [0, 0.1) is 12.1 Å². The minimum absolute atomic E-state index is 0. The molecule has 0 heterocycles. The van der Waals surface area contributed by atoms with Gasteiger partial charge in [-0.3, -0.25) is 6.08 Å². The van der Waals surface area contributed by atoms with Crippen LogP contribution in [0.5, 0.6) is 0 Å². The van der Waals surface area contributed by atoms with Crippen LogP contribution in [0.2, 0.25) is 0 Å². The summed E-state index contributed by atoms with van der Waals surface area (Å²) in [6.07, 6.45) is 18.5. The molecule has 0 bridgehead atoms. The largest absolute Gasteiger partial charge is 0.273 e. The first-order valence-electron chi connectivity index (χ1n) is 21.4. The molecule has 0 fully saturated rings. The summed E-state index contributed by atoms with van der Waals surface area (Å²) in [6.45, 7) is 32.5. The summed E-state index contributed by atoms with van der Waals surface area (Å²) >= 11 is 1.08. The van der Waals surface area contributed by atoms with E-state index in [0.717, 1.165) is 36.7 Å². The van der Waals surface area contributed by atoms with Crippen molar-refractivity contribution in [3.05, 3.63) is 153 Å². The standard InChI is InChI=1S/C29H41.C21H26.C5H5.2ClH.Hf/c1-26(2,3)22-14-18-13-19-15-23(27(4,5)6)25(29(10,11)12)17-21(19)20(18)16-24(22)28(7,8)9;1-3-5-7-18-9-13-20(14-10-18)17-21-15-11-19(12-16-21)8-6-4-2;1-2-4-5-3-1;;;/h14,16-17H,13H2,1-12H3;9-16H,3-8H2,1-2H3;1-3H,4H2;2*1H;/q-1;;-1;;;+2. The maximum Gasteiger partial charge on any atom is -0.109 e. The summed E-state index contributed by atoms with van der Waals surface area (Å²) < 4.78 is 1.50. The molecule has 0 spiro atoms. The zero-order valence-electron chi connectivity index (χ0n) is 38.6. The van der Waals surface area contributed by atoms with E-state index in [1.807, 2.05) is 12.2 Å². The molecule has 0 radical (unpaired) electrons. The third-order valence-electron chi connectivity index (χ3n) is 10.9. The van der Waals surface area contributed by atoms with Crippen LogP contribution in [0.25, 0.3) is 11.1 Å².